The number of carbonyl (C=O) groups excluding carboxylic acids is 10. The lowest BCUT2D eigenvalue weighted by Gasteiger charge is -2.18. The average molecular weight is 1430 g/mol. The summed E-state index contributed by atoms with van der Waals surface area (Å²) < 4.78 is 31.9. The molecule has 0 spiro atoms. The number of rotatable bonds is 18. The maximum absolute atomic E-state index is 12.4. The maximum atomic E-state index is 12.4. The normalized spacial score (nSPS) is 18.0. The third-order valence-electron chi connectivity index (χ3n) is 20.4. The second-order valence-electron chi connectivity index (χ2n) is 28.6. The Bertz CT molecular complexity index is 5140. The highest BCUT2D eigenvalue weighted by Crippen LogP contribution is 2.42. The van der Waals surface area contributed by atoms with Crippen molar-refractivity contribution in [1.29, 1.82) is 0 Å². The Labute approximate surface area is 609 Å². The van der Waals surface area contributed by atoms with E-state index < -0.39 is 11.8 Å². The van der Waals surface area contributed by atoms with Crippen LogP contribution < -0.4 is 0 Å². The Kier molecular flexibility index (Phi) is 22.4. The molecule has 4 saturated carbocycles. The van der Waals surface area contributed by atoms with Crippen LogP contribution in [0.15, 0.2) is 139 Å². The number of aromatic nitrogens is 4. The molecule has 4 aliphatic carbocycles. The van der Waals surface area contributed by atoms with Crippen molar-refractivity contribution in [3.05, 3.63) is 166 Å². The van der Waals surface area contributed by atoms with Gasteiger partial charge in [-0.25, -0.2) is 0 Å². The number of methoxy groups -OCH3 is 2. The summed E-state index contributed by atoms with van der Waals surface area (Å²) in [5.74, 6) is -1.67. The van der Waals surface area contributed by atoms with E-state index in [-0.39, 0.29) is 95.4 Å². The number of carbonyl (C=O) groups is 10. The van der Waals surface area contributed by atoms with E-state index in [9.17, 15) is 47.9 Å². The summed E-state index contributed by atoms with van der Waals surface area (Å²) in [6.07, 6.45) is 5.79. The van der Waals surface area contributed by atoms with E-state index in [1.165, 1.54) is 11.1 Å². The Morgan fingerprint density at radius 2 is 0.651 bits per heavy atom. The Hall–Kier alpha value is -10.8. The van der Waals surface area contributed by atoms with Crippen LogP contribution in [0.3, 0.4) is 0 Å². The van der Waals surface area contributed by atoms with Crippen molar-refractivity contribution in [2.24, 2.45) is 0 Å². The van der Waals surface area contributed by atoms with Crippen LogP contribution in [0.4, 0.5) is 0 Å². The molecule has 544 valence electrons. The fraction of sp³-hybridized carbons (Fsp3) is 0.357. The van der Waals surface area contributed by atoms with Crippen molar-refractivity contribution in [2.45, 2.75) is 139 Å². The summed E-state index contributed by atoms with van der Waals surface area (Å²) in [6.45, 7) is 2.85. The van der Waals surface area contributed by atoms with Gasteiger partial charge in [0.05, 0.1) is 70.9 Å². The van der Waals surface area contributed by atoms with Gasteiger partial charge >= 0.3 is 0 Å². The van der Waals surface area contributed by atoms with E-state index in [0.717, 1.165) is 77.7 Å². The van der Waals surface area contributed by atoms with Gasteiger partial charge in [-0.2, -0.15) is 0 Å². The van der Waals surface area contributed by atoms with E-state index in [0.29, 0.717) is 146 Å². The number of nitrogens with zero attached hydrogens (tertiary/aromatic N) is 6. The van der Waals surface area contributed by atoms with Gasteiger partial charge in [-0.3, -0.25) is 47.9 Å². The molecule has 4 atom stereocenters. The van der Waals surface area contributed by atoms with Crippen molar-refractivity contribution in [3.63, 3.8) is 0 Å². The smallest absolute Gasteiger partial charge is 0.167 e. The molecule has 22 nitrogen and oxygen atoms in total. The summed E-state index contributed by atoms with van der Waals surface area (Å²) in [7, 11) is 11.4. The molecule has 0 unspecified atom stereocenters. The van der Waals surface area contributed by atoms with Crippen molar-refractivity contribution < 1.29 is 75.5 Å². The van der Waals surface area contributed by atoms with Crippen LogP contribution in [0, 0.1) is 0 Å². The Morgan fingerprint density at radius 3 is 0.915 bits per heavy atom. The third kappa shape index (κ3) is 15.9. The first-order chi connectivity index (χ1) is 51.2. The molecular formula is C84H82N6O16. The van der Waals surface area contributed by atoms with Crippen LogP contribution in [0.25, 0.3) is 87.0 Å². The molecule has 22 heteroatoms. The van der Waals surface area contributed by atoms with Crippen molar-refractivity contribution in [1.82, 2.24) is 30.4 Å². The molecule has 106 heavy (non-hydrogen) atoms. The Morgan fingerprint density at radius 1 is 0.377 bits per heavy atom. The number of benzene rings is 8. The predicted molar refractivity (Wildman–Crippen MR) is 398 cm³/mol. The summed E-state index contributed by atoms with van der Waals surface area (Å²) >= 11 is 0. The first-order valence-corrected chi connectivity index (χ1v) is 36.0. The fourth-order valence-corrected chi connectivity index (χ4v) is 15.2. The molecule has 0 radical (unpaired) electrons. The zero-order valence-corrected chi connectivity index (χ0v) is 60.2. The van der Waals surface area contributed by atoms with Gasteiger partial charge in [0.25, 0.3) is 0 Å². The van der Waals surface area contributed by atoms with Crippen LogP contribution in [-0.4, -0.2) is 144 Å². The summed E-state index contributed by atoms with van der Waals surface area (Å²) in [6, 6.07) is 39.1. The van der Waals surface area contributed by atoms with Crippen LogP contribution in [0.5, 0.6) is 0 Å². The molecule has 8 aromatic carbocycles. The number of Topliss-reactive ketones (excluding diaryl/α,β-unsaturated/α-hetero) is 10. The van der Waals surface area contributed by atoms with Crippen molar-refractivity contribution in [3.8, 4) is 0 Å². The van der Waals surface area contributed by atoms with Gasteiger partial charge in [0.1, 0.15) is 69.0 Å². The molecule has 16 rings (SSSR count). The number of hydrogen-bond donors (Lipinski definition) is 0. The number of fused-ring (bicyclic) bond motifs is 12. The molecule has 12 aromatic rings. The minimum absolute atomic E-state index is 0.0107. The van der Waals surface area contributed by atoms with Crippen LogP contribution in [-0.2, 0) is 60.9 Å². The Balaban J connectivity index is 0.000000125. The summed E-state index contributed by atoms with van der Waals surface area (Å²) in [4.78, 5) is 125. The molecule has 4 aliphatic rings. The van der Waals surface area contributed by atoms with E-state index in [4.69, 9.17) is 27.6 Å². The second-order valence-corrected chi connectivity index (χ2v) is 28.6. The van der Waals surface area contributed by atoms with E-state index in [2.05, 4.69) is 66.8 Å². The minimum atomic E-state index is -0.417. The number of ether oxygens (including phenoxy) is 2. The van der Waals surface area contributed by atoms with Gasteiger partial charge in [-0.15, -0.1) is 0 Å². The molecule has 4 heterocycles. The third-order valence-corrected chi connectivity index (χ3v) is 20.4. The van der Waals surface area contributed by atoms with E-state index >= 15 is 0 Å². The van der Waals surface area contributed by atoms with Gasteiger partial charge in [-0.1, -0.05) is 93.4 Å². The SMILES string of the molecule is CN(C)Cc1ccc2c(ccc3onc([C@@H]4CCC(=O)CC4=O)c32)c1.CN(C)Cc1ccc2c(ccc3onc([C@H]4CCC(=O)CC4=O)c32)c1.COCCCC(=O)c1ccc2c(ccc3onc([C@@H]4CCC(=O)CC4=O)c32)c1.COCCCC(=O)c1ccc2c(ccc3onc([C@H]4CCC(=O)CC4=O)c32)c1. The monoisotopic (exact) mass is 1430 g/mol. The highest BCUT2D eigenvalue weighted by molar-refractivity contribution is 6.16. The van der Waals surface area contributed by atoms with Crippen LogP contribution in [0.2, 0.25) is 0 Å². The lowest BCUT2D eigenvalue weighted by Crippen LogP contribution is -2.23. The van der Waals surface area contributed by atoms with Crippen molar-refractivity contribution in [2.75, 3.05) is 55.6 Å². The zero-order valence-electron chi connectivity index (χ0n) is 60.2. The summed E-state index contributed by atoms with van der Waals surface area (Å²) in [5.41, 5.74) is 8.90. The lowest BCUT2D eigenvalue weighted by atomic mass is 9.83. The van der Waals surface area contributed by atoms with Gasteiger partial charge in [0.2, 0.25) is 0 Å². The topological polar surface area (TPSA) is 300 Å². The van der Waals surface area contributed by atoms with Gasteiger partial charge in [-0.05, 0) is 169 Å². The molecule has 0 amide bonds. The van der Waals surface area contributed by atoms with Gasteiger partial charge in [0.15, 0.2) is 33.9 Å². The van der Waals surface area contributed by atoms with Gasteiger partial charge < -0.3 is 37.4 Å². The number of hydrogen-bond acceptors (Lipinski definition) is 22. The van der Waals surface area contributed by atoms with Crippen molar-refractivity contribution >= 4 is 145 Å². The largest absolute Gasteiger partial charge is 0.385 e. The lowest BCUT2D eigenvalue weighted by molar-refractivity contribution is -0.132. The fourth-order valence-electron chi connectivity index (χ4n) is 15.2. The first-order valence-electron chi connectivity index (χ1n) is 36.0. The molecule has 4 fully saturated rings. The summed E-state index contributed by atoms with van der Waals surface area (Å²) in [5, 5.41) is 28.0. The maximum Gasteiger partial charge on any atom is 0.167 e. The molecule has 4 aromatic heterocycles. The second kappa shape index (κ2) is 32.3. The molecular weight excluding hydrogens is 1350 g/mol. The van der Waals surface area contributed by atoms with E-state index in [1.54, 1.807) is 26.4 Å². The highest BCUT2D eigenvalue weighted by atomic mass is 16.5. The number of ketones is 10. The van der Waals surface area contributed by atoms with Crippen LogP contribution in [0.1, 0.15) is 181 Å². The first kappa shape index (κ1) is 73.5. The zero-order chi connectivity index (χ0) is 74.4. The molecule has 0 N–H and O–H groups in total. The molecule has 0 bridgehead atoms. The van der Waals surface area contributed by atoms with E-state index in [1.807, 2.05) is 101 Å². The molecule has 0 saturated heterocycles. The van der Waals surface area contributed by atoms with Gasteiger partial charge in [0, 0.05) is 90.2 Å². The average Bonchev–Trinajstić information content (AvgIpc) is 1.53. The molecule has 0 aliphatic heterocycles. The van der Waals surface area contributed by atoms with Crippen LogP contribution >= 0.6 is 0 Å². The predicted octanol–water partition coefficient (Wildman–Crippen LogP) is 14.9. The highest BCUT2D eigenvalue weighted by Gasteiger charge is 2.37. The minimum Gasteiger partial charge on any atom is -0.385 e. The quantitative estimate of drug-likeness (QED) is 0.0438. The standard InChI is InChI=1S/2C22H21NO5.2C20H20N2O3/c2*1-27-10-2-3-18(25)14-4-7-16-13(11-14)5-9-20-21(16)22(23-28-20)17-8-6-15(24)12-19(17)26;2*1-22(2)11-12-3-6-15-13(9-12)4-8-18-19(15)20(21-25-18)16-7-5-14(23)10-17(16)24/h2*4-5,7,9,11,17H,2-3,6,8,10,12H2,1H3;2*3-4,6,8-9,16H,5,7,10-11H2,1-2H3/t2*17-;2*16-/m1010/s1.